The van der Waals surface area contributed by atoms with Crippen molar-refractivity contribution < 1.29 is 13.2 Å². The van der Waals surface area contributed by atoms with E-state index in [1.807, 2.05) is 0 Å². The molecular formula is C17H30N2O3S. The Morgan fingerprint density at radius 2 is 1.52 bits per heavy atom. The summed E-state index contributed by atoms with van der Waals surface area (Å²) in [5, 5.41) is 2.96. The maximum atomic E-state index is 12.7. The van der Waals surface area contributed by atoms with Gasteiger partial charge in [-0.15, -0.1) is 0 Å². The van der Waals surface area contributed by atoms with Crippen molar-refractivity contribution in [2.45, 2.75) is 81.9 Å². The first-order chi connectivity index (χ1) is 11.1. The largest absolute Gasteiger partial charge is 0.353 e. The lowest BCUT2D eigenvalue weighted by molar-refractivity contribution is -0.127. The number of hydrogen-bond donors (Lipinski definition) is 1. The molecule has 0 aromatic heterocycles. The molecule has 1 heterocycles. The van der Waals surface area contributed by atoms with E-state index >= 15 is 0 Å². The van der Waals surface area contributed by atoms with E-state index in [-0.39, 0.29) is 17.1 Å². The summed E-state index contributed by atoms with van der Waals surface area (Å²) in [7, 11) is -3.21. The first-order valence-electron chi connectivity index (χ1n) is 9.37. The molecule has 0 radical (unpaired) electrons. The van der Waals surface area contributed by atoms with Gasteiger partial charge < -0.3 is 5.32 Å². The summed E-state index contributed by atoms with van der Waals surface area (Å²) in [6, 6.07) is 0.304. The SMILES string of the molecule is O=C(NC1CCCCC1)C1CCCN(S(=O)(=O)C2CCCC2)C1. The number of rotatable bonds is 4. The van der Waals surface area contributed by atoms with E-state index in [9.17, 15) is 13.2 Å². The number of nitrogens with one attached hydrogen (secondary N) is 1. The highest BCUT2D eigenvalue weighted by Crippen LogP contribution is 2.30. The van der Waals surface area contributed by atoms with E-state index < -0.39 is 10.0 Å². The molecular weight excluding hydrogens is 312 g/mol. The van der Waals surface area contributed by atoms with Crippen LogP contribution in [0.3, 0.4) is 0 Å². The van der Waals surface area contributed by atoms with E-state index in [1.165, 1.54) is 19.3 Å². The summed E-state index contributed by atoms with van der Waals surface area (Å²) < 4.78 is 27.1. The average Bonchev–Trinajstić information content (AvgIpc) is 3.11. The van der Waals surface area contributed by atoms with Crippen LogP contribution in [0.1, 0.15) is 70.6 Å². The fraction of sp³-hybridized carbons (Fsp3) is 0.941. The molecule has 2 saturated carbocycles. The van der Waals surface area contributed by atoms with Crippen LogP contribution in [0, 0.1) is 5.92 Å². The molecule has 3 fully saturated rings. The van der Waals surface area contributed by atoms with E-state index in [0.29, 0.717) is 19.1 Å². The van der Waals surface area contributed by atoms with Gasteiger partial charge in [-0.25, -0.2) is 12.7 Å². The molecule has 1 saturated heterocycles. The van der Waals surface area contributed by atoms with Gasteiger partial charge in [0.2, 0.25) is 15.9 Å². The number of sulfonamides is 1. The molecule has 132 valence electrons. The Kier molecular flexibility index (Phi) is 5.62. The minimum Gasteiger partial charge on any atom is -0.353 e. The van der Waals surface area contributed by atoms with E-state index in [0.717, 1.165) is 51.4 Å². The van der Waals surface area contributed by atoms with Crippen molar-refractivity contribution in [2.24, 2.45) is 5.92 Å². The zero-order chi connectivity index (χ0) is 16.3. The van der Waals surface area contributed by atoms with Gasteiger partial charge in [-0.05, 0) is 38.5 Å². The fourth-order valence-corrected chi connectivity index (χ4v) is 6.47. The van der Waals surface area contributed by atoms with Gasteiger partial charge in [0.05, 0.1) is 11.2 Å². The summed E-state index contributed by atoms with van der Waals surface area (Å²) in [4.78, 5) is 12.5. The maximum absolute atomic E-state index is 12.7. The lowest BCUT2D eigenvalue weighted by Gasteiger charge is -2.34. The molecule has 3 aliphatic rings. The maximum Gasteiger partial charge on any atom is 0.224 e. The van der Waals surface area contributed by atoms with Crippen molar-refractivity contribution in [1.82, 2.24) is 9.62 Å². The van der Waals surface area contributed by atoms with Gasteiger partial charge in [0, 0.05) is 19.1 Å². The minimum atomic E-state index is -3.21. The minimum absolute atomic E-state index is 0.0724. The molecule has 3 rings (SSSR count). The van der Waals surface area contributed by atoms with Crippen molar-refractivity contribution in [1.29, 1.82) is 0 Å². The molecule has 1 unspecified atom stereocenters. The molecule has 23 heavy (non-hydrogen) atoms. The van der Waals surface area contributed by atoms with Crippen LogP contribution in [0.4, 0.5) is 0 Å². The molecule has 1 atom stereocenters. The molecule has 2 aliphatic carbocycles. The normalized spacial score (nSPS) is 28.8. The number of carbonyl (C=O) groups excluding carboxylic acids is 1. The Morgan fingerprint density at radius 3 is 2.22 bits per heavy atom. The third-order valence-corrected chi connectivity index (χ3v) is 8.16. The first kappa shape index (κ1) is 17.2. The third-order valence-electron chi connectivity index (χ3n) is 5.79. The van der Waals surface area contributed by atoms with Crippen LogP contribution in [0.2, 0.25) is 0 Å². The van der Waals surface area contributed by atoms with Crippen LogP contribution in [-0.4, -0.2) is 43.0 Å². The van der Waals surface area contributed by atoms with Crippen LogP contribution < -0.4 is 5.32 Å². The fourth-order valence-electron chi connectivity index (χ4n) is 4.35. The Balaban J connectivity index is 1.57. The second-order valence-electron chi connectivity index (χ2n) is 7.49. The predicted octanol–water partition coefficient (Wildman–Crippen LogP) is 2.42. The lowest BCUT2D eigenvalue weighted by atomic mass is 9.93. The molecule has 0 aromatic carbocycles. The number of piperidine rings is 1. The van der Waals surface area contributed by atoms with Crippen LogP contribution in [-0.2, 0) is 14.8 Å². The quantitative estimate of drug-likeness (QED) is 0.853. The molecule has 5 nitrogen and oxygen atoms in total. The van der Waals surface area contributed by atoms with Crippen molar-refractivity contribution >= 4 is 15.9 Å². The van der Waals surface area contributed by atoms with Gasteiger partial charge >= 0.3 is 0 Å². The van der Waals surface area contributed by atoms with Crippen molar-refractivity contribution in [3.63, 3.8) is 0 Å². The second-order valence-corrected chi connectivity index (χ2v) is 9.71. The Labute approximate surface area is 140 Å². The molecule has 6 heteroatoms. The molecule has 0 bridgehead atoms. The lowest BCUT2D eigenvalue weighted by Crippen LogP contribution is -2.49. The molecule has 1 N–H and O–H groups in total. The predicted molar refractivity (Wildman–Crippen MR) is 90.5 cm³/mol. The number of amides is 1. The van der Waals surface area contributed by atoms with Crippen LogP contribution in [0.15, 0.2) is 0 Å². The Morgan fingerprint density at radius 1 is 0.870 bits per heavy atom. The zero-order valence-corrected chi connectivity index (χ0v) is 14.8. The summed E-state index contributed by atoms with van der Waals surface area (Å²) in [5.74, 6) is -0.0925. The highest BCUT2D eigenvalue weighted by Gasteiger charge is 2.38. The summed E-state index contributed by atoms with van der Waals surface area (Å²) in [6.45, 7) is 0.976. The van der Waals surface area contributed by atoms with Crippen molar-refractivity contribution in [3.8, 4) is 0 Å². The highest BCUT2D eigenvalue weighted by molar-refractivity contribution is 7.89. The van der Waals surface area contributed by atoms with Crippen molar-refractivity contribution in [3.05, 3.63) is 0 Å². The summed E-state index contributed by atoms with van der Waals surface area (Å²) in [6.07, 6.45) is 11.0. The van der Waals surface area contributed by atoms with Gasteiger partial charge in [0.1, 0.15) is 0 Å². The third kappa shape index (κ3) is 4.08. The van der Waals surface area contributed by atoms with Crippen LogP contribution in [0.5, 0.6) is 0 Å². The topological polar surface area (TPSA) is 66.5 Å². The number of nitrogens with zero attached hydrogens (tertiary/aromatic N) is 1. The highest BCUT2D eigenvalue weighted by atomic mass is 32.2. The first-order valence-corrected chi connectivity index (χ1v) is 10.9. The van der Waals surface area contributed by atoms with Gasteiger partial charge in [-0.3, -0.25) is 4.79 Å². The van der Waals surface area contributed by atoms with Gasteiger partial charge in [-0.1, -0.05) is 32.1 Å². The molecule has 1 aliphatic heterocycles. The number of hydrogen-bond acceptors (Lipinski definition) is 3. The molecule has 0 spiro atoms. The summed E-state index contributed by atoms with van der Waals surface area (Å²) >= 11 is 0. The van der Waals surface area contributed by atoms with E-state index in [1.54, 1.807) is 4.31 Å². The Bertz CT molecular complexity index is 508. The van der Waals surface area contributed by atoms with Crippen molar-refractivity contribution in [2.75, 3.05) is 13.1 Å². The molecule has 0 aromatic rings. The molecule has 1 amide bonds. The second kappa shape index (κ2) is 7.51. The summed E-state index contributed by atoms with van der Waals surface area (Å²) in [5.41, 5.74) is 0. The standard InChI is InChI=1S/C17H30N2O3S/c20-17(18-15-8-2-1-3-9-15)14-7-6-12-19(13-14)23(21,22)16-10-4-5-11-16/h14-16H,1-13H2,(H,18,20). The van der Waals surface area contributed by atoms with Crippen LogP contribution in [0.25, 0.3) is 0 Å². The average molecular weight is 343 g/mol. The van der Waals surface area contributed by atoms with E-state index in [4.69, 9.17) is 0 Å². The number of carbonyl (C=O) groups is 1. The van der Waals surface area contributed by atoms with Gasteiger partial charge in [-0.2, -0.15) is 0 Å². The van der Waals surface area contributed by atoms with Gasteiger partial charge in [0.15, 0.2) is 0 Å². The van der Waals surface area contributed by atoms with Gasteiger partial charge in [0.25, 0.3) is 0 Å². The Hall–Kier alpha value is -0.620. The smallest absolute Gasteiger partial charge is 0.224 e. The zero-order valence-electron chi connectivity index (χ0n) is 14.0. The van der Waals surface area contributed by atoms with Crippen LogP contribution >= 0.6 is 0 Å². The van der Waals surface area contributed by atoms with E-state index in [2.05, 4.69) is 5.32 Å². The monoisotopic (exact) mass is 342 g/mol.